The van der Waals surface area contributed by atoms with Gasteiger partial charge in [0.2, 0.25) is 5.91 Å². The van der Waals surface area contributed by atoms with E-state index in [-0.39, 0.29) is 17.7 Å². The van der Waals surface area contributed by atoms with Crippen LogP contribution >= 0.6 is 0 Å². The van der Waals surface area contributed by atoms with Crippen molar-refractivity contribution in [2.24, 2.45) is 0 Å². The molecule has 1 amide bonds. The lowest BCUT2D eigenvalue weighted by atomic mass is 10.2. The second-order valence-electron chi connectivity index (χ2n) is 5.22. The van der Waals surface area contributed by atoms with Gasteiger partial charge in [0.25, 0.3) is 0 Å². The number of sulfone groups is 1. The van der Waals surface area contributed by atoms with Crippen molar-refractivity contribution in [3.05, 3.63) is 29.8 Å². The molecule has 1 aromatic carbocycles. The molecule has 0 aromatic heterocycles. The Labute approximate surface area is 143 Å². The van der Waals surface area contributed by atoms with Crippen LogP contribution in [0.4, 0.5) is 8.78 Å². The highest BCUT2D eigenvalue weighted by molar-refractivity contribution is 7.90. The number of aliphatic hydroxyl groups excluding tert-OH is 1. The van der Waals surface area contributed by atoms with Gasteiger partial charge in [0.1, 0.15) is 18.1 Å². The van der Waals surface area contributed by atoms with Crippen LogP contribution in [0.15, 0.2) is 24.3 Å². The first-order chi connectivity index (χ1) is 11.7. The van der Waals surface area contributed by atoms with Crippen LogP contribution in [-0.2, 0) is 25.2 Å². The zero-order valence-electron chi connectivity index (χ0n) is 13.4. The van der Waals surface area contributed by atoms with Gasteiger partial charge in [-0.25, -0.2) is 8.42 Å². The van der Waals surface area contributed by atoms with E-state index in [1.807, 2.05) is 0 Å². The number of carbonyl (C=O) groups excluding carboxylic acids is 2. The monoisotopic (exact) mass is 379 g/mol. The number of hydrogen-bond donors (Lipinski definition) is 2. The van der Waals surface area contributed by atoms with Crippen LogP contribution < -0.4 is 10.1 Å². The van der Waals surface area contributed by atoms with Crippen molar-refractivity contribution in [2.45, 2.75) is 37.9 Å². The molecule has 7 nitrogen and oxygen atoms in total. The van der Waals surface area contributed by atoms with Crippen molar-refractivity contribution in [3.63, 3.8) is 0 Å². The number of alkyl halides is 2. The summed E-state index contributed by atoms with van der Waals surface area (Å²) in [6.45, 7) is -1.49. The van der Waals surface area contributed by atoms with E-state index in [2.05, 4.69) is 10.1 Å². The normalized spacial score (nSPS) is 14.0. The predicted molar refractivity (Wildman–Crippen MR) is 84.9 cm³/mol. The standard InChI is InChI=1S/C15H19F2NO6S/c1-2-11(7-19)18-14(21)12(20)9-25(22,23)8-10-5-3-4-6-13(10)24-15(16)17/h3-7,11-12,15,20H,2,8-9H2,1H3,(H,18,21)/t11-,12-/m0/s1. The summed E-state index contributed by atoms with van der Waals surface area (Å²) in [7, 11) is -4.01. The van der Waals surface area contributed by atoms with Gasteiger partial charge in [-0.3, -0.25) is 4.79 Å². The summed E-state index contributed by atoms with van der Waals surface area (Å²) in [6.07, 6.45) is -1.13. The largest absolute Gasteiger partial charge is 0.435 e. The number of rotatable bonds is 10. The lowest BCUT2D eigenvalue weighted by Gasteiger charge is -2.15. The zero-order chi connectivity index (χ0) is 19.0. The Kier molecular flexibility index (Phi) is 7.91. The first-order valence-corrected chi connectivity index (χ1v) is 9.17. The third-order valence-corrected chi connectivity index (χ3v) is 4.78. The van der Waals surface area contributed by atoms with Gasteiger partial charge < -0.3 is 20.0 Å². The molecule has 0 radical (unpaired) electrons. The van der Waals surface area contributed by atoms with Crippen molar-refractivity contribution in [3.8, 4) is 5.75 Å². The Bertz CT molecular complexity index is 695. The minimum absolute atomic E-state index is 0.0188. The number of nitrogens with one attached hydrogen (secondary N) is 1. The highest BCUT2D eigenvalue weighted by atomic mass is 32.2. The van der Waals surface area contributed by atoms with Gasteiger partial charge in [-0.1, -0.05) is 25.1 Å². The molecular weight excluding hydrogens is 360 g/mol. The number of ether oxygens (including phenoxy) is 1. The predicted octanol–water partition coefficient (Wildman–Crippen LogP) is 0.657. The fourth-order valence-electron chi connectivity index (χ4n) is 1.96. The molecule has 0 unspecified atom stereocenters. The van der Waals surface area contributed by atoms with Crippen LogP contribution in [0, 0.1) is 0 Å². The summed E-state index contributed by atoms with van der Waals surface area (Å²) in [4.78, 5) is 22.4. The molecule has 10 heteroatoms. The average Bonchev–Trinajstić information content (AvgIpc) is 2.53. The number of para-hydroxylation sites is 1. The molecule has 2 atom stereocenters. The first kappa shape index (κ1) is 21.0. The zero-order valence-corrected chi connectivity index (χ0v) is 14.2. The minimum atomic E-state index is -4.01. The van der Waals surface area contributed by atoms with Crippen molar-refractivity contribution in [2.75, 3.05) is 5.75 Å². The van der Waals surface area contributed by atoms with Crippen molar-refractivity contribution < 1.29 is 36.6 Å². The number of hydrogen-bond acceptors (Lipinski definition) is 6. The SMILES string of the molecule is CC[C@@H](C=O)NC(=O)[C@@H](O)CS(=O)(=O)Cc1ccccc1OC(F)F. The van der Waals surface area contributed by atoms with Crippen molar-refractivity contribution in [1.29, 1.82) is 0 Å². The molecule has 25 heavy (non-hydrogen) atoms. The summed E-state index contributed by atoms with van der Waals surface area (Å²) < 4.78 is 53.2. The molecule has 0 spiro atoms. The maximum atomic E-state index is 12.3. The van der Waals surface area contributed by atoms with E-state index in [1.165, 1.54) is 24.3 Å². The van der Waals surface area contributed by atoms with Gasteiger partial charge in [0, 0.05) is 5.56 Å². The molecule has 2 N–H and O–H groups in total. The van der Waals surface area contributed by atoms with Crippen molar-refractivity contribution in [1.82, 2.24) is 5.32 Å². The molecule has 0 aliphatic carbocycles. The second-order valence-corrected chi connectivity index (χ2v) is 7.33. The fraction of sp³-hybridized carbons (Fsp3) is 0.467. The highest BCUT2D eigenvalue weighted by Gasteiger charge is 2.26. The van der Waals surface area contributed by atoms with Gasteiger partial charge in [0.15, 0.2) is 9.84 Å². The Hall–Kier alpha value is -2.07. The quantitative estimate of drug-likeness (QED) is 0.578. The van der Waals surface area contributed by atoms with Gasteiger partial charge in [0.05, 0.1) is 17.5 Å². The van der Waals surface area contributed by atoms with Crippen LogP contribution in [0.2, 0.25) is 0 Å². The van der Waals surface area contributed by atoms with E-state index in [9.17, 15) is 31.9 Å². The van der Waals surface area contributed by atoms with Crippen LogP contribution in [-0.4, -0.2) is 50.2 Å². The molecule has 0 saturated heterocycles. The summed E-state index contributed by atoms with van der Waals surface area (Å²) in [5.41, 5.74) is -0.0188. The maximum Gasteiger partial charge on any atom is 0.387 e. The second kappa shape index (κ2) is 9.42. The average molecular weight is 379 g/mol. The molecule has 0 bridgehead atoms. The Morgan fingerprint density at radius 3 is 2.56 bits per heavy atom. The summed E-state index contributed by atoms with van der Waals surface area (Å²) in [5.74, 6) is -2.91. The molecule has 140 valence electrons. The maximum absolute atomic E-state index is 12.3. The van der Waals surface area contributed by atoms with E-state index < -0.39 is 46.0 Å². The van der Waals surface area contributed by atoms with Gasteiger partial charge in [-0.2, -0.15) is 8.78 Å². The van der Waals surface area contributed by atoms with E-state index in [4.69, 9.17) is 0 Å². The Morgan fingerprint density at radius 2 is 2.00 bits per heavy atom. The number of carbonyl (C=O) groups is 2. The van der Waals surface area contributed by atoms with Gasteiger partial charge in [-0.15, -0.1) is 0 Å². The molecule has 0 aliphatic rings. The van der Waals surface area contributed by atoms with E-state index in [0.29, 0.717) is 6.29 Å². The number of aliphatic hydroxyl groups is 1. The van der Waals surface area contributed by atoms with E-state index >= 15 is 0 Å². The molecule has 0 saturated carbocycles. The number of benzene rings is 1. The summed E-state index contributed by atoms with van der Waals surface area (Å²) >= 11 is 0. The molecule has 1 aromatic rings. The number of halogens is 2. The third kappa shape index (κ3) is 7.14. The first-order valence-electron chi connectivity index (χ1n) is 7.35. The molecular formula is C15H19F2NO6S. The lowest BCUT2D eigenvalue weighted by molar-refractivity contribution is -0.130. The smallest absolute Gasteiger partial charge is 0.387 e. The van der Waals surface area contributed by atoms with E-state index in [1.54, 1.807) is 6.92 Å². The summed E-state index contributed by atoms with van der Waals surface area (Å²) in [5, 5.41) is 11.9. The summed E-state index contributed by atoms with van der Waals surface area (Å²) in [6, 6.07) is 4.50. The van der Waals surface area contributed by atoms with Gasteiger partial charge in [-0.05, 0) is 12.5 Å². The third-order valence-electron chi connectivity index (χ3n) is 3.21. The Morgan fingerprint density at radius 1 is 1.36 bits per heavy atom. The molecule has 0 fully saturated rings. The van der Waals surface area contributed by atoms with Crippen LogP contribution in [0.3, 0.4) is 0 Å². The number of amides is 1. The fourth-order valence-corrected chi connectivity index (χ4v) is 3.42. The van der Waals surface area contributed by atoms with Crippen LogP contribution in [0.1, 0.15) is 18.9 Å². The molecule has 1 rings (SSSR count). The van der Waals surface area contributed by atoms with E-state index in [0.717, 1.165) is 0 Å². The lowest BCUT2D eigenvalue weighted by Crippen LogP contribution is -2.44. The van der Waals surface area contributed by atoms with Gasteiger partial charge >= 0.3 is 6.61 Å². The molecule has 0 heterocycles. The topological polar surface area (TPSA) is 110 Å². The van der Waals surface area contributed by atoms with Crippen LogP contribution in [0.25, 0.3) is 0 Å². The highest BCUT2D eigenvalue weighted by Crippen LogP contribution is 2.22. The Balaban J connectivity index is 2.79. The minimum Gasteiger partial charge on any atom is -0.435 e. The molecule has 0 aliphatic heterocycles. The van der Waals surface area contributed by atoms with Crippen molar-refractivity contribution >= 4 is 22.0 Å². The number of aldehydes is 1. The van der Waals surface area contributed by atoms with Crippen LogP contribution in [0.5, 0.6) is 5.75 Å².